The Morgan fingerprint density at radius 2 is 1.48 bits per heavy atom. The molecule has 242 valence electrons. The minimum atomic E-state index is -4.61. The van der Waals surface area contributed by atoms with E-state index in [-0.39, 0.29) is 39.0 Å². The van der Waals surface area contributed by atoms with Gasteiger partial charge in [0.25, 0.3) is 10.1 Å². The highest BCUT2D eigenvalue weighted by molar-refractivity contribution is 7.86. The molecule has 4 aromatic carbocycles. The van der Waals surface area contributed by atoms with Gasteiger partial charge in [-0.05, 0) is 90.4 Å². The number of aryl methyl sites for hydroxylation is 1. The van der Waals surface area contributed by atoms with Gasteiger partial charge in [-0.25, -0.2) is 4.79 Å². The number of nitrogens with two attached hydrogens (primary N) is 2. The van der Waals surface area contributed by atoms with E-state index in [1.54, 1.807) is 37.3 Å². The zero-order valence-electron chi connectivity index (χ0n) is 24.9. The number of benzene rings is 4. The van der Waals surface area contributed by atoms with Gasteiger partial charge in [0.05, 0.1) is 28.5 Å². The predicted octanol–water partition coefficient (Wildman–Crippen LogP) is 7.48. The number of allylic oxidation sites excluding steroid dienone is 3. The summed E-state index contributed by atoms with van der Waals surface area (Å²) in [6, 6.07) is 19.8. The number of halogens is 1. The molecular weight excluding hydrogens is 660 g/mol. The number of azo groups is 2. The molecule has 16 heteroatoms. The standard InChI is InChI=1S/C32H25ClN8O6S/c1-17-14-26(30(35)31(29(17)34)41-39-25-15-20(33)6-13-28(25)48(45,46)47)40-37-22-9-4-19(5-10-22)18-2-7-21(8-3-18)36-38-23-11-12-27(42)24(16-23)32(43)44/h2-16,36H,34-35H2,1H3,(H,43,44)(H,45,46,47)/b38-23-,40-37?,41-39?. The molecule has 0 atom stereocenters. The van der Waals surface area contributed by atoms with E-state index in [1.807, 2.05) is 24.3 Å². The van der Waals surface area contributed by atoms with Gasteiger partial charge in [-0.3, -0.25) is 14.8 Å². The third kappa shape index (κ3) is 7.67. The van der Waals surface area contributed by atoms with Crippen LogP contribution in [0.25, 0.3) is 11.1 Å². The number of nitrogen functional groups attached to an aromatic ring is 2. The maximum atomic E-state index is 11.8. The highest BCUT2D eigenvalue weighted by Crippen LogP contribution is 2.42. The molecule has 0 bridgehead atoms. The Hall–Kier alpha value is -6.03. The van der Waals surface area contributed by atoms with Crippen molar-refractivity contribution in [3.05, 3.63) is 107 Å². The Labute approximate surface area is 278 Å². The van der Waals surface area contributed by atoms with Gasteiger partial charge in [0.2, 0.25) is 0 Å². The number of nitrogens with zero attached hydrogens (tertiary/aromatic N) is 5. The lowest BCUT2D eigenvalue weighted by atomic mass is 10.0. The van der Waals surface area contributed by atoms with Crippen LogP contribution < -0.4 is 16.9 Å². The van der Waals surface area contributed by atoms with Gasteiger partial charge in [-0.1, -0.05) is 35.9 Å². The zero-order chi connectivity index (χ0) is 34.6. The van der Waals surface area contributed by atoms with Gasteiger partial charge in [-0.2, -0.15) is 18.6 Å². The molecular formula is C32H25ClN8O6S. The molecule has 0 spiro atoms. The summed E-state index contributed by atoms with van der Waals surface area (Å²) in [4.78, 5) is 22.3. The Morgan fingerprint density at radius 3 is 2.12 bits per heavy atom. The largest absolute Gasteiger partial charge is 0.478 e. The highest BCUT2D eigenvalue weighted by atomic mass is 35.5. The minimum absolute atomic E-state index is 0.0386. The number of carbonyl (C=O) groups excluding carboxylic acids is 1. The number of carboxylic acids is 1. The van der Waals surface area contributed by atoms with E-state index in [0.29, 0.717) is 22.6 Å². The summed E-state index contributed by atoms with van der Waals surface area (Å²) in [6.45, 7) is 1.71. The van der Waals surface area contributed by atoms with Gasteiger partial charge in [0.1, 0.15) is 27.5 Å². The molecule has 0 fully saturated rings. The van der Waals surface area contributed by atoms with Crippen LogP contribution in [-0.2, 0) is 19.7 Å². The third-order valence-electron chi connectivity index (χ3n) is 6.89. The third-order valence-corrected chi connectivity index (χ3v) is 8.02. The first-order valence-corrected chi connectivity index (χ1v) is 15.6. The normalized spacial score (nSPS) is 14.2. The van der Waals surface area contributed by atoms with Crippen molar-refractivity contribution in [2.75, 3.05) is 16.9 Å². The quantitative estimate of drug-likeness (QED) is 0.0293. The van der Waals surface area contributed by atoms with Crippen LogP contribution in [0.15, 0.2) is 127 Å². The van der Waals surface area contributed by atoms with E-state index >= 15 is 0 Å². The molecule has 4 aromatic rings. The van der Waals surface area contributed by atoms with Crippen molar-refractivity contribution in [1.82, 2.24) is 0 Å². The van der Waals surface area contributed by atoms with Gasteiger partial charge < -0.3 is 16.6 Å². The number of rotatable bonds is 9. The molecule has 0 aromatic heterocycles. The van der Waals surface area contributed by atoms with E-state index in [9.17, 15) is 22.6 Å². The summed E-state index contributed by atoms with van der Waals surface area (Å²) in [6.07, 6.45) is 3.78. The summed E-state index contributed by atoms with van der Waals surface area (Å²) in [5, 5.41) is 30.0. The van der Waals surface area contributed by atoms with Crippen LogP contribution in [0.4, 0.5) is 39.8 Å². The summed E-state index contributed by atoms with van der Waals surface area (Å²) >= 11 is 5.98. The van der Waals surface area contributed by atoms with Crippen LogP contribution in [-0.4, -0.2) is 35.5 Å². The smallest absolute Gasteiger partial charge is 0.339 e. The van der Waals surface area contributed by atoms with Gasteiger partial charge in [0.15, 0.2) is 5.78 Å². The van der Waals surface area contributed by atoms with E-state index < -0.39 is 26.8 Å². The lowest BCUT2D eigenvalue weighted by Crippen LogP contribution is -2.15. The molecule has 0 saturated carbocycles. The molecule has 0 saturated heterocycles. The van der Waals surface area contributed by atoms with E-state index in [4.69, 9.17) is 28.2 Å². The van der Waals surface area contributed by atoms with Crippen LogP contribution >= 0.6 is 11.6 Å². The van der Waals surface area contributed by atoms with Crippen molar-refractivity contribution in [1.29, 1.82) is 0 Å². The fraction of sp³-hybridized carbons (Fsp3) is 0.0312. The second-order valence-electron chi connectivity index (χ2n) is 10.2. The molecule has 0 amide bonds. The molecule has 14 nitrogen and oxygen atoms in total. The number of carbonyl (C=O) groups is 2. The Bertz CT molecular complexity index is 2210. The summed E-state index contributed by atoms with van der Waals surface area (Å²) < 4.78 is 33.1. The molecule has 0 heterocycles. The van der Waals surface area contributed by atoms with Gasteiger partial charge in [0, 0.05) is 5.02 Å². The van der Waals surface area contributed by atoms with Crippen molar-refractivity contribution in [3.8, 4) is 11.1 Å². The van der Waals surface area contributed by atoms with Crippen molar-refractivity contribution >= 4 is 79.0 Å². The number of hydrazone groups is 1. The molecule has 1 aliphatic rings. The first-order chi connectivity index (χ1) is 22.8. The number of hydrogen-bond acceptors (Lipinski definition) is 12. The van der Waals surface area contributed by atoms with Crippen LogP contribution in [0.5, 0.6) is 0 Å². The number of hydrogen-bond donors (Lipinski definition) is 5. The SMILES string of the molecule is Cc1cc(N=Nc2ccc(-c3ccc(N/N=C4/C=CC(=O)C(C(=O)O)=C4)cc3)cc2)c(N)c(N=Nc2cc(Cl)ccc2S(=O)(=O)O)c1N. The van der Waals surface area contributed by atoms with E-state index in [0.717, 1.165) is 23.3 Å². The van der Waals surface area contributed by atoms with Crippen molar-refractivity contribution in [2.24, 2.45) is 25.6 Å². The molecule has 0 unspecified atom stereocenters. The lowest BCUT2D eigenvalue weighted by Gasteiger charge is -2.10. The number of aliphatic carboxylic acids is 1. The Balaban J connectivity index is 1.31. The molecule has 5 rings (SSSR count). The maximum absolute atomic E-state index is 11.8. The van der Waals surface area contributed by atoms with Crippen LogP contribution in [0.3, 0.4) is 0 Å². The summed E-state index contributed by atoms with van der Waals surface area (Å²) in [7, 11) is -4.61. The average Bonchev–Trinajstić information content (AvgIpc) is 3.05. The summed E-state index contributed by atoms with van der Waals surface area (Å²) in [5.41, 5.74) is 19.1. The second-order valence-corrected chi connectivity index (χ2v) is 12.0. The summed E-state index contributed by atoms with van der Waals surface area (Å²) in [5.74, 6) is -1.91. The van der Waals surface area contributed by atoms with Crippen LogP contribution in [0.1, 0.15) is 5.56 Å². The Morgan fingerprint density at radius 1 is 0.833 bits per heavy atom. The number of anilines is 3. The van der Waals surface area contributed by atoms with Crippen LogP contribution in [0, 0.1) is 6.92 Å². The lowest BCUT2D eigenvalue weighted by molar-refractivity contribution is -0.134. The first kappa shape index (κ1) is 33.3. The van der Waals surface area contributed by atoms with Crippen LogP contribution in [0.2, 0.25) is 5.02 Å². The van der Waals surface area contributed by atoms with E-state index in [1.165, 1.54) is 24.3 Å². The number of nitrogens with one attached hydrogen (secondary N) is 1. The molecule has 7 N–H and O–H groups in total. The maximum Gasteiger partial charge on any atom is 0.339 e. The molecule has 0 radical (unpaired) electrons. The highest BCUT2D eigenvalue weighted by Gasteiger charge is 2.19. The zero-order valence-corrected chi connectivity index (χ0v) is 26.4. The molecule has 48 heavy (non-hydrogen) atoms. The topological polar surface area (TPSA) is 235 Å². The van der Waals surface area contributed by atoms with Gasteiger partial charge >= 0.3 is 5.97 Å². The minimum Gasteiger partial charge on any atom is -0.478 e. The fourth-order valence-corrected chi connectivity index (χ4v) is 5.12. The van der Waals surface area contributed by atoms with Crippen molar-refractivity contribution in [2.45, 2.75) is 11.8 Å². The predicted molar refractivity (Wildman–Crippen MR) is 182 cm³/mol. The van der Waals surface area contributed by atoms with Crippen molar-refractivity contribution < 1.29 is 27.7 Å². The van der Waals surface area contributed by atoms with Crippen molar-refractivity contribution in [3.63, 3.8) is 0 Å². The second kappa shape index (κ2) is 13.8. The van der Waals surface area contributed by atoms with E-state index in [2.05, 4.69) is 31.0 Å². The Kier molecular flexibility index (Phi) is 9.56. The fourth-order valence-electron chi connectivity index (χ4n) is 4.35. The monoisotopic (exact) mass is 684 g/mol. The first-order valence-electron chi connectivity index (χ1n) is 13.8. The van der Waals surface area contributed by atoms with Gasteiger partial charge in [-0.15, -0.1) is 15.3 Å². The molecule has 0 aliphatic heterocycles. The average molecular weight is 685 g/mol. The molecule has 1 aliphatic carbocycles. The number of ketones is 1. The number of carboxylic acid groups (broad SMARTS) is 1.